The second-order valence-corrected chi connectivity index (χ2v) is 6.80. The van der Waals surface area contributed by atoms with E-state index in [1.54, 1.807) is 0 Å². The lowest BCUT2D eigenvalue weighted by Crippen LogP contribution is -2.62. The molecular weight excluding hydrogens is 242 g/mol. The van der Waals surface area contributed by atoms with Crippen molar-refractivity contribution in [1.29, 1.82) is 0 Å². The highest BCUT2D eigenvalue weighted by Crippen LogP contribution is 2.45. The number of aliphatic hydroxyl groups is 1. The summed E-state index contributed by atoms with van der Waals surface area (Å²) in [4.78, 5) is 26.6. The summed E-state index contributed by atoms with van der Waals surface area (Å²) in [7, 11) is 0. The first-order valence-electron chi connectivity index (χ1n) is 7.56. The van der Waals surface area contributed by atoms with E-state index in [-0.39, 0.29) is 30.3 Å². The maximum atomic E-state index is 12.6. The number of carbonyl (C=O) groups excluding carboxylic acids is 2. The van der Waals surface area contributed by atoms with Crippen LogP contribution >= 0.6 is 0 Å². The molecule has 4 unspecified atom stereocenters. The Morgan fingerprint density at radius 2 is 1.84 bits per heavy atom. The summed E-state index contributed by atoms with van der Waals surface area (Å²) in [6.07, 6.45) is 6.10. The van der Waals surface area contributed by atoms with Gasteiger partial charge in [-0.1, -0.05) is 19.8 Å². The van der Waals surface area contributed by atoms with Gasteiger partial charge in [-0.05, 0) is 38.0 Å². The highest BCUT2D eigenvalue weighted by Gasteiger charge is 2.53. The van der Waals surface area contributed by atoms with Gasteiger partial charge >= 0.3 is 0 Å². The van der Waals surface area contributed by atoms with Crippen molar-refractivity contribution >= 4 is 11.8 Å². The van der Waals surface area contributed by atoms with E-state index >= 15 is 0 Å². The number of rotatable bonds is 2. The van der Waals surface area contributed by atoms with E-state index in [1.807, 2.05) is 0 Å². The van der Waals surface area contributed by atoms with Crippen LogP contribution in [0, 0.1) is 17.8 Å². The summed E-state index contributed by atoms with van der Waals surface area (Å²) in [6.45, 7) is 2.07. The average molecular weight is 265 g/mol. The van der Waals surface area contributed by atoms with Crippen LogP contribution in [0.5, 0.6) is 0 Å². The van der Waals surface area contributed by atoms with Crippen LogP contribution in [0.4, 0.5) is 0 Å². The number of aliphatic hydroxyl groups excluding tert-OH is 1. The van der Waals surface area contributed by atoms with Crippen LogP contribution in [0.3, 0.4) is 0 Å². The predicted molar refractivity (Wildman–Crippen MR) is 70.1 cm³/mol. The van der Waals surface area contributed by atoms with Gasteiger partial charge in [-0.3, -0.25) is 14.5 Å². The SMILES string of the molecule is CC1CCCC(CO)(N2C(=O)C3CCC(C3)C2=O)C1. The first-order chi connectivity index (χ1) is 9.07. The van der Waals surface area contributed by atoms with E-state index < -0.39 is 5.54 Å². The van der Waals surface area contributed by atoms with Gasteiger partial charge in [0.05, 0.1) is 12.1 Å². The summed E-state index contributed by atoms with van der Waals surface area (Å²) >= 11 is 0. The number of hydrogen-bond acceptors (Lipinski definition) is 3. The number of fused-ring (bicyclic) bond motifs is 2. The summed E-state index contributed by atoms with van der Waals surface area (Å²) in [5.41, 5.74) is -0.604. The molecule has 106 valence electrons. The average Bonchev–Trinajstić information content (AvgIpc) is 2.83. The molecule has 4 nitrogen and oxygen atoms in total. The monoisotopic (exact) mass is 265 g/mol. The predicted octanol–water partition coefficient (Wildman–Crippen LogP) is 1.71. The van der Waals surface area contributed by atoms with Gasteiger partial charge in [0.25, 0.3) is 0 Å². The summed E-state index contributed by atoms with van der Waals surface area (Å²) in [5.74, 6) is 0.511. The molecule has 1 saturated heterocycles. The number of nitrogens with zero attached hydrogens (tertiary/aromatic N) is 1. The van der Waals surface area contributed by atoms with E-state index in [9.17, 15) is 14.7 Å². The first-order valence-corrected chi connectivity index (χ1v) is 7.56. The Balaban J connectivity index is 1.93. The molecule has 3 aliphatic rings. The third-order valence-electron chi connectivity index (χ3n) is 5.41. The van der Waals surface area contributed by atoms with Crippen LogP contribution in [0.15, 0.2) is 0 Å². The van der Waals surface area contributed by atoms with E-state index in [0.717, 1.165) is 44.9 Å². The van der Waals surface area contributed by atoms with Crippen molar-refractivity contribution in [2.75, 3.05) is 6.61 Å². The molecule has 0 aromatic carbocycles. The molecular formula is C15H23NO3. The minimum Gasteiger partial charge on any atom is -0.394 e. The van der Waals surface area contributed by atoms with Crippen LogP contribution in [0.2, 0.25) is 0 Å². The highest BCUT2D eigenvalue weighted by molar-refractivity contribution is 6.01. The standard InChI is InChI=1S/C15H23NO3/c1-10-3-2-6-15(8-10,9-17)16-13(18)11-4-5-12(7-11)14(16)19/h10-12,17H,2-9H2,1H3. The summed E-state index contributed by atoms with van der Waals surface area (Å²) in [6, 6.07) is 0. The maximum Gasteiger partial charge on any atom is 0.232 e. The Hall–Kier alpha value is -0.900. The van der Waals surface area contributed by atoms with E-state index in [1.165, 1.54) is 4.90 Å². The van der Waals surface area contributed by atoms with E-state index in [0.29, 0.717) is 5.92 Å². The molecule has 0 aromatic rings. The van der Waals surface area contributed by atoms with Crippen molar-refractivity contribution in [1.82, 2.24) is 4.90 Å². The van der Waals surface area contributed by atoms with Gasteiger partial charge < -0.3 is 5.11 Å². The molecule has 1 aliphatic heterocycles. The summed E-state index contributed by atoms with van der Waals surface area (Å²) < 4.78 is 0. The van der Waals surface area contributed by atoms with Crippen molar-refractivity contribution < 1.29 is 14.7 Å². The van der Waals surface area contributed by atoms with E-state index in [2.05, 4.69) is 6.92 Å². The van der Waals surface area contributed by atoms with Crippen molar-refractivity contribution in [2.24, 2.45) is 17.8 Å². The molecule has 0 spiro atoms. The van der Waals surface area contributed by atoms with Crippen LogP contribution < -0.4 is 0 Å². The molecule has 0 aromatic heterocycles. The third kappa shape index (κ3) is 1.92. The van der Waals surface area contributed by atoms with Gasteiger partial charge in [0.1, 0.15) is 0 Å². The third-order valence-corrected chi connectivity index (χ3v) is 5.41. The van der Waals surface area contributed by atoms with Crippen LogP contribution in [-0.2, 0) is 9.59 Å². The van der Waals surface area contributed by atoms with Gasteiger partial charge in [-0.25, -0.2) is 0 Å². The van der Waals surface area contributed by atoms with Crippen molar-refractivity contribution in [3.8, 4) is 0 Å². The van der Waals surface area contributed by atoms with Gasteiger partial charge in [0.15, 0.2) is 0 Å². The molecule has 3 fully saturated rings. The fourth-order valence-electron chi connectivity index (χ4n) is 4.42. The van der Waals surface area contributed by atoms with Crippen LogP contribution in [0.1, 0.15) is 51.9 Å². The Kier molecular flexibility index (Phi) is 3.16. The fraction of sp³-hybridized carbons (Fsp3) is 0.867. The zero-order valence-electron chi connectivity index (χ0n) is 11.6. The van der Waals surface area contributed by atoms with Gasteiger partial charge in [-0.15, -0.1) is 0 Å². The molecule has 2 bridgehead atoms. The zero-order chi connectivity index (χ0) is 13.6. The Morgan fingerprint density at radius 3 is 2.37 bits per heavy atom. The highest BCUT2D eigenvalue weighted by atomic mass is 16.3. The van der Waals surface area contributed by atoms with Crippen molar-refractivity contribution in [3.05, 3.63) is 0 Å². The van der Waals surface area contributed by atoms with Crippen molar-refractivity contribution in [3.63, 3.8) is 0 Å². The number of imide groups is 1. The number of hydrogen-bond donors (Lipinski definition) is 1. The van der Waals surface area contributed by atoms with E-state index in [4.69, 9.17) is 0 Å². The second kappa shape index (κ2) is 4.58. The molecule has 2 amide bonds. The molecule has 0 radical (unpaired) electrons. The van der Waals surface area contributed by atoms with Crippen LogP contribution in [-0.4, -0.2) is 34.0 Å². The number of carbonyl (C=O) groups is 2. The normalized spacial score (nSPS) is 42.8. The Bertz CT molecular complexity index is 386. The first kappa shape index (κ1) is 13.1. The fourth-order valence-corrected chi connectivity index (χ4v) is 4.42. The molecule has 2 aliphatic carbocycles. The quantitative estimate of drug-likeness (QED) is 0.773. The Morgan fingerprint density at radius 1 is 1.21 bits per heavy atom. The molecule has 19 heavy (non-hydrogen) atoms. The largest absolute Gasteiger partial charge is 0.394 e. The molecule has 4 atom stereocenters. The van der Waals surface area contributed by atoms with Crippen LogP contribution in [0.25, 0.3) is 0 Å². The second-order valence-electron chi connectivity index (χ2n) is 6.80. The lowest BCUT2D eigenvalue weighted by atomic mass is 9.74. The smallest absolute Gasteiger partial charge is 0.232 e. The van der Waals surface area contributed by atoms with Gasteiger partial charge in [0, 0.05) is 11.8 Å². The maximum absolute atomic E-state index is 12.6. The zero-order valence-corrected chi connectivity index (χ0v) is 11.6. The minimum atomic E-state index is -0.604. The topological polar surface area (TPSA) is 57.6 Å². The molecule has 4 heteroatoms. The number of piperidine rings is 1. The van der Waals surface area contributed by atoms with Gasteiger partial charge in [-0.2, -0.15) is 0 Å². The number of amides is 2. The molecule has 1 N–H and O–H groups in total. The number of likely N-dealkylation sites (tertiary alicyclic amines) is 1. The Labute approximate surface area is 114 Å². The summed E-state index contributed by atoms with van der Waals surface area (Å²) in [5, 5.41) is 9.89. The molecule has 1 heterocycles. The van der Waals surface area contributed by atoms with Crippen molar-refractivity contribution in [2.45, 2.75) is 57.4 Å². The lowest BCUT2D eigenvalue weighted by molar-refractivity contribution is -0.165. The molecule has 2 saturated carbocycles. The lowest BCUT2D eigenvalue weighted by Gasteiger charge is -2.48. The molecule has 3 rings (SSSR count). The minimum absolute atomic E-state index is 0.0121. The van der Waals surface area contributed by atoms with Gasteiger partial charge in [0.2, 0.25) is 11.8 Å².